The van der Waals surface area contributed by atoms with E-state index in [4.69, 9.17) is 0 Å². The molecule has 138 valence electrons. The quantitative estimate of drug-likeness (QED) is 0.909. The maximum Gasteiger partial charge on any atom is 0.317 e. The van der Waals surface area contributed by atoms with Crippen LogP contribution in [0.2, 0.25) is 0 Å². The Balaban J connectivity index is 1.43. The first-order valence-corrected chi connectivity index (χ1v) is 9.52. The van der Waals surface area contributed by atoms with Gasteiger partial charge in [-0.25, -0.2) is 9.18 Å². The predicted molar refractivity (Wildman–Crippen MR) is 97.7 cm³/mol. The minimum absolute atomic E-state index is 0.107. The fraction of sp³-hybridized carbons (Fsp3) is 0.650. The number of likely N-dealkylation sites (tertiary alicyclic amines) is 2. The molecule has 0 aliphatic carbocycles. The number of rotatable bonds is 3. The largest absolute Gasteiger partial charge is 0.335 e. The van der Waals surface area contributed by atoms with Crippen molar-refractivity contribution in [1.82, 2.24) is 15.1 Å². The Hall–Kier alpha value is -1.62. The van der Waals surface area contributed by atoms with Gasteiger partial charge in [-0.15, -0.1) is 0 Å². The first-order chi connectivity index (χ1) is 12.0. The monoisotopic (exact) mass is 347 g/mol. The van der Waals surface area contributed by atoms with Gasteiger partial charge in [-0.1, -0.05) is 26.0 Å². The van der Waals surface area contributed by atoms with Crippen molar-refractivity contribution in [2.24, 2.45) is 11.8 Å². The molecule has 0 aromatic heterocycles. The van der Waals surface area contributed by atoms with Gasteiger partial charge in [-0.05, 0) is 48.8 Å². The highest BCUT2D eigenvalue weighted by atomic mass is 19.1. The van der Waals surface area contributed by atoms with Crippen LogP contribution >= 0.6 is 0 Å². The Morgan fingerprint density at radius 2 is 1.72 bits per heavy atom. The molecule has 2 atom stereocenters. The lowest BCUT2D eigenvalue weighted by Crippen LogP contribution is -2.52. The average molecular weight is 347 g/mol. The first-order valence-electron chi connectivity index (χ1n) is 9.52. The summed E-state index contributed by atoms with van der Waals surface area (Å²) in [6.45, 7) is 8.99. The number of halogens is 1. The molecule has 1 aromatic carbocycles. The third-order valence-electron chi connectivity index (χ3n) is 5.39. The fourth-order valence-electron chi connectivity index (χ4n) is 4.18. The lowest BCUT2D eigenvalue weighted by Gasteiger charge is -2.37. The molecule has 0 bridgehead atoms. The minimum Gasteiger partial charge on any atom is -0.335 e. The van der Waals surface area contributed by atoms with E-state index in [1.807, 2.05) is 17.0 Å². The molecule has 2 saturated heterocycles. The smallest absolute Gasteiger partial charge is 0.317 e. The van der Waals surface area contributed by atoms with Gasteiger partial charge in [0.1, 0.15) is 5.82 Å². The number of hydrogen-bond donors (Lipinski definition) is 1. The van der Waals surface area contributed by atoms with Crippen LogP contribution in [0.25, 0.3) is 0 Å². The maximum absolute atomic E-state index is 13.0. The van der Waals surface area contributed by atoms with Gasteiger partial charge in [0.05, 0.1) is 0 Å². The van der Waals surface area contributed by atoms with Crippen LogP contribution in [0.5, 0.6) is 0 Å². The molecular formula is C20H30FN3O. The van der Waals surface area contributed by atoms with Crippen molar-refractivity contribution < 1.29 is 9.18 Å². The molecule has 5 heteroatoms. The molecule has 2 aliphatic heterocycles. The Kier molecular flexibility index (Phi) is 5.94. The molecular weight excluding hydrogens is 317 g/mol. The summed E-state index contributed by atoms with van der Waals surface area (Å²) >= 11 is 0. The zero-order chi connectivity index (χ0) is 17.8. The van der Waals surface area contributed by atoms with Crippen molar-refractivity contribution in [3.8, 4) is 0 Å². The second-order valence-corrected chi connectivity index (χ2v) is 7.98. The van der Waals surface area contributed by atoms with Gasteiger partial charge in [0.2, 0.25) is 0 Å². The number of nitrogens with one attached hydrogen (secondary N) is 1. The number of hydrogen-bond acceptors (Lipinski definition) is 2. The molecule has 3 rings (SSSR count). The van der Waals surface area contributed by atoms with Crippen molar-refractivity contribution in [2.75, 3.05) is 26.2 Å². The first kappa shape index (κ1) is 18.2. The highest BCUT2D eigenvalue weighted by molar-refractivity contribution is 5.74. The van der Waals surface area contributed by atoms with Crippen LogP contribution in [0.1, 0.15) is 38.7 Å². The molecule has 2 fully saturated rings. The molecule has 1 N–H and O–H groups in total. The molecule has 0 saturated carbocycles. The van der Waals surface area contributed by atoms with Crippen LogP contribution in [0, 0.1) is 17.7 Å². The number of nitrogens with zero attached hydrogens (tertiary/aromatic N) is 2. The van der Waals surface area contributed by atoms with Gasteiger partial charge in [-0.3, -0.25) is 4.90 Å². The number of amides is 2. The standard InChI is InChI=1S/C20H30FN3O/c1-15-11-16(2)13-24(12-15)20(25)22-19-7-9-23(10-8-19)14-17-3-5-18(21)6-4-17/h3-6,15-16,19H,7-14H2,1-2H3,(H,22,25). The van der Waals surface area contributed by atoms with E-state index in [2.05, 4.69) is 24.1 Å². The second kappa shape index (κ2) is 8.17. The number of carbonyl (C=O) groups is 1. The van der Waals surface area contributed by atoms with Gasteiger partial charge in [0.15, 0.2) is 0 Å². The van der Waals surface area contributed by atoms with Crippen LogP contribution in [0.4, 0.5) is 9.18 Å². The van der Waals surface area contributed by atoms with Crippen molar-refractivity contribution in [1.29, 1.82) is 0 Å². The SMILES string of the molecule is CC1CC(C)CN(C(=O)NC2CCN(Cc3ccc(F)cc3)CC2)C1. The molecule has 2 unspecified atom stereocenters. The zero-order valence-corrected chi connectivity index (χ0v) is 15.4. The summed E-state index contributed by atoms with van der Waals surface area (Å²) in [6, 6.07) is 7.11. The highest BCUT2D eigenvalue weighted by Crippen LogP contribution is 2.21. The summed E-state index contributed by atoms with van der Waals surface area (Å²) in [6.07, 6.45) is 3.17. The van der Waals surface area contributed by atoms with Crippen molar-refractivity contribution in [2.45, 2.75) is 45.7 Å². The van der Waals surface area contributed by atoms with Crippen LogP contribution < -0.4 is 5.32 Å². The summed E-state index contributed by atoms with van der Waals surface area (Å²) in [5.41, 5.74) is 1.14. The molecule has 1 aromatic rings. The molecule has 2 heterocycles. The van der Waals surface area contributed by atoms with E-state index >= 15 is 0 Å². The Labute approximate surface area is 150 Å². The average Bonchev–Trinajstić information content (AvgIpc) is 2.58. The normalized spacial score (nSPS) is 25.8. The second-order valence-electron chi connectivity index (χ2n) is 7.98. The topological polar surface area (TPSA) is 35.6 Å². The molecule has 25 heavy (non-hydrogen) atoms. The summed E-state index contributed by atoms with van der Waals surface area (Å²) in [4.78, 5) is 16.9. The number of piperidine rings is 2. The summed E-state index contributed by atoms with van der Waals surface area (Å²) < 4.78 is 13.0. The maximum atomic E-state index is 13.0. The number of benzene rings is 1. The third-order valence-corrected chi connectivity index (χ3v) is 5.39. The minimum atomic E-state index is -0.188. The van der Waals surface area contributed by atoms with Gasteiger partial charge in [0.25, 0.3) is 0 Å². The lowest BCUT2D eigenvalue weighted by molar-refractivity contribution is 0.135. The zero-order valence-electron chi connectivity index (χ0n) is 15.4. The molecule has 2 amide bonds. The van der Waals surface area contributed by atoms with Gasteiger partial charge in [-0.2, -0.15) is 0 Å². The van der Waals surface area contributed by atoms with Crippen LogP contribution in [-0.2, 0) is 6.54 Å². The summed E-state index contributed by atoms with van der Waals surface area (Å²) in [5.74, 6) is 0.991. The number of urea groups is 1. The van der Waals surface area contributed by atoms with Gasteiger partial charge < -0.3 is 10.2 Å². The molecule has 0 spiro atoms. The van der Waals surface area contributed by atoms with E-state index in [9.17, 15) is 9.18 Å². The molecule has 0 radical (unpaired) electrons. The number of carbonyl (C=O) groups excluding carboxylic acids is 1. The van der Waals surface area contributed by atoms with Gasteiger partial charge in [0, 0.05) is 38.8 Å². The van der Waals surface area contributed by atoms with E-state index in [-0.39, 0.29) is 17.9 Å². The third kappa shape index (κ3) is 5.18. The summed E-state index contributed by atoms with van der Waals surface area (Å²) in [7, 11) is 0. The van der Waals surface area contributed by atoms with Crippen LogP contribution in [-0.4, -0.2) is 48.1 Å². The van der Waals surface area contributed by atoms with Crippen molar-refractivity contribution >= 4 is 6.03 Å². The van der Waals surface area contributed by atoms with E-state index in [0.29, 0.717) is 11.8 Å². The molecule has 2 aliphatic rings. The summed E-state index contributed by atoms with van der Waals surface area (Å²) in [5, 5.41) is 3.23. The van der Waals surface area contributed by atoms with Gasteiger partial charge >= 0.3 is 6.03 Å². The Morgan fingerprint density at radius 1 is 1.12 bits per heavy atom. The Morgan fingerprint density at radius 3 is 2.32 bits per heavy atom. The van der Waals surface area contributed by atoms with E-state index in [1.165, 1.54) is 18.6 Å². The van der Waals surface area contributed by atoms with Crippen molar-refractivity contribution in [3.05, 3.63) is 35.6 Å². The van der Waals surface area contributed by atoms with E-state index in [0.717, 1.165) is 51.1 Å². The van der Waals surface area contributed by atoms with Crippen LogP contribution in [0.15, 0.2) is 24.3 Å². The lowest BCUT2D eigenvalue weighted by atomic mass is 9.92. The van der Waals surface area contributed by atoms with E-state index in [1.54, 1.807) is 0 Å². The van der Waals surface area contributed by atoms with Crippen molar-refractivity contribution in [3.63, 3.8) is 0 Å². The predicted octanol–water partition coefficient (Wildman–Crippen LogP) is 3.48. The Bertz CT molecular complexity index is 559. The van der Waals surface area contributed by atoms with E-state index < -0.39 is 0 Å². The fourth-order valence-corrected chi connectivity index (χ4v) is 4.18. The molecule has 4 nitrogen and oxygen atoms in total. The van der Waals surface area contributed by atoms with Crippen LogP contribution in [0.3, 0.4) is 0 Å². The highest BCUT2D eigenvalue weighted by Gasteiger charge is 2.28.